The van der Waals surface area contributed by atoms with Gasteiger partial charge in [-0.05, 0) is 92.4 Å². The third kappa shape index (κ3) is 9.65. The van der Waals surface area contributed by atoms with Crippen LogP contribution in [0.5, 0.6) is 0 Å². The van der Waals surface area contributed by atoms with E-state index >= 15 is 0 Å². The van der Waals surface area contributed by atoms with Crippen molar-refractivity contribution < 1.29 is 48.0 Å². The number of likely N-dealkylation sites (N-methyl/N-ethyl adjacent to an activating group) is 1. The number of aliphatic hydroxyl groups excluding tert-OH is 1. The lowest BCUT2D eigenvalue weighted by molar-refractivity contribution is -0.295. The SMILES string of the molecule is CC[C@@H]1OC(=O)[C@H](C)C(=O)[C@H](C)[C@@H](OC2O[C@H](C)C[C@H](N(C)C)[C@H]2O)[C@@](C)(OC)C[C@@H](C)C(=O)[C@@H](C)[C@@H]2N(CCCCn3cnc(-c4ccc(C)nc4)c3)C(=O)O[C@]12CC. The van der Waals surface area contributed by atoms with Crippen LogP contribution in [-0.4, -0.2) is 135 Å². The topological polar surface area (TPSA) is 172 Å². The molecule has 5 heterocycles. The first-order valence-electron chi connectivity index (χ1n) is 21.7. The molecule has 13 atom stereocenters. The predicted molar refractivity (Wildman–Crippen MR) is 224 cm³/mol. The predicted octanol–water partition coefficient (Wildman–Crippen LogP) is 5.63. The van der Waals surface area contributed by atoms with Crippen molar-refractivity contribution in [3.05, 3.63) is 36.5 Å². The number of aryl methyl sites for hydroxylation is 2. The molecule has 1 unspecified atom stereocenters. The van der Waals surface area contributed by atoms with Crippen LogP contribution in [0.15, 0.2) is 30.9 Å². The number of amides is 1. The summed E-state index contributed by atoms with van der Waals surface area (Å²) in [7, 11) is 5.25. The molecule has 0 aromatic carbocycles. The number of fused-ring (bicyclic) bond motifs is 1. The Kier molecular flexibility index (Phi) is 15.4. The minimum absolute atomic E-state index is 0.132. The maximum absolute atomic E-state index is 14.8. The van der Waals surface area contributed by atoms with Crippen molar-refractivity contribution >= 4 is 23.6 Å². The number of rotatable bonds is 12. The lowest BCUT2D eigenvalue weighted by Crippen LogP contribution is -2.61. The van der Waals surface area contributed by atoms with E-state index in [1.807, 2.05) is 83.4 Å². The number of cyclic esters (lactones) is 1. The van der Waals surface area contributed by atoms with Gasteiger partial charge in [-0.3, -0.25) is 19.4 Å². The zero-order valence-corrected chi connectivity index (χ0v) is 37.8. The molecule has 15 nitrogen and oxygen atoms in total. The van der Waals surface area contributed by atoms with Crippen molar-refractivity contribution in [1.29, 1.82) is 0 Å². The fraction of sp³-hybridized carbons (Fsp3) is 0.733. The molecule has 3 aliphatic rings. The molecular weight excluding hydrogens is 771 g/mol. The van der Waals surface area contributed by atoms with Gasteiger partial charge in [0, 0.05) is 67.6 Å². The Labute approximate surface area is 355 Å². The summed E-state index contributed by atoms with van der Waals surface area (Å²) in [6.45, 7) is 17.1. The summed E-state index contributed by atoms with van der Waals surface area (Å²) >= 11 is 0. The van der Waals surface area contributed by atoms with E-state index < -0.39 is 83.4 Å². The van der Waals surface area contributed by atoms with Crippen LogP contribution in [0.2, 0.25) is 0 Å². The van der Waals surface area contributed by atoms with Crippen LogP contribution >= 0.6 is 0 Å². The first-order valence-corrected chi connectivity index (χ1v) is 21.7. The number of carbonyl (C=O) groups is 4. The Balaban J connectivity index is 1.45. The van der Waals surface area contributed by atoms with Gasteiger partial charge in [0.25, 0.3) is 0 Å². The smallest absolute Gasteiger partial charge is 0.410 e. The summed E-state index contributed by atoms with van der Waals surface area (Å²) in [5.41, 5.74) is 0.0435. The summed E-state index contributed by atoms with van der Waals surface area (Å²) in [4.78, 5) is 69.8. The van der Waals surface area contributed by atoms with Gasteiger partial charge in [-0.2, -0.15) is 0 Å². The Morgan fingerprint density at radius 2 is 1.68 bits per heavy atom. The van der Waals surface area contributed by atoms with Crippen molar-refractivity contribution in [3.63, 3.8) is 0 Å². The molecule has 0 aliphatic carbocycles. The number of hydrogen-bond acceptors (Lipinski definition) is 13. The molecule has 1 amide bonds. The Morgan fingerprint density at radius 3 is 2.30 bits per heavy atom. The Hall–Kier alpha value is -3.76. The maximum atomic E-state index is 14.8. The zero-order valence-electron chi connectivity index (χ0n) is 37.8. The van der Waals surface area contributed by atoms with Gasteiger partial charge in [-0.15, -0.1) is 0 Å². The lowest BCUT2D eigenvalue weighted by atomic mass is 9.72. The van der Waals surface area contributed by atoms with E-state index in [1.54, 1.807) is 31.3 Å². The molecule has 0 saturated carbocycles. The van der Waals surface area contributed by atoms with Crippen LogP contribution in [0.1, 0.15) is 99.6 Å². The van der Waals surface area contributed by atoms with Gasteiger partial charge in [-0.1, -0.05) is 34.6 Å². The largest absolute Gasteiger partial charge is 0.457 e. The number of Topliss-reactive ketones (excluding diaryl/α,β-unsaturated/α-hetero) is 2. The average Bonchev–Trinajstić information content (AvgIpc) is 3.81. The molecule has 15 heteroatoms. The number of pyridine rings is 1. The molecule has 334 valence electrons. The average molecular weight is 840 g/mol. The molecule has 3 fully saturated rings. The van der Waals surface area contributed by atoms with E-state index in [1.165, 1.54) is 14.0 Å². The number of unbranched alkanes of at least 4 members (excludes halogenated alkanes) is 1. The van der Waals surface area contributed by atoms with Gasteiger partial charge in [0.2, 0.25) is 0 Å². The first kappa shape index (κ1) is 47.3. The van der Waals surface area contributed by atoms with Gasteiger partial charge in [0.05, 0.1) is 35.9 Å². The number of carbonyl (C=O) groups excluding carboxylic acids is 4. The van der Waals surface area contributed by atoms with Gasteiger partial charge in [0.15, 0.2) is 17.7 Å². The minimum Gasteiger partial charge on any atom is -0.457 e. The minimum atomic E-state index is -1.36. The maximum Gasteiger partial charge on any atom is 0.410 e. The van der Waals surface area contributed by atoms with E-state index in [0.29, 0.717) is 32.4 Å². The van der Waals surface area contributed by atoms with Gasteiger partial charge in [-0.25, -0.2) is 9.78 Å². The molecule has 0 radical (unpaired) electrons. The van der Waals surface area contributed by atoms with Crippen molar-refractivity contribution in [2.24, 2.45) is 23.7 Å². The number of aromatic nitrogens is 3. The highest BCUT2D eigenvalue weighted by Crippen LogP contribution is 2.45. The Bertz CT molecular complexity index is 1800. The normalized spacial score (nSPS) is 35.9. The van der Waals surface area contributed by atoms with Crippen molar-refractivity contribution in [3.8, 4) is 11.3 Å². The summed E-state index contributed by atoms with van der Waals surface area (Å²) < 4.78 is 33.5. The molecule has 1 N–H and O–H groups in total. The second kappa shape index (κ2) is 19.5. The molecule has 2 aromatic heterocycles. The van der Waals surface area contributed by atoms with Crippen molar-refractivity contribution in [1.82, 2.24) is 24.3 Å². The number of imidazole rings is 1. The van der Waals surface area contributed by atoms with E-state index in [-0.39, 0.29) is 37.2 Å². The number of nitrogens with zero attached hydrogens (tertiary/aromatic N) is 5. The third-order valence-electron chi connectivity index (χ3n) is 13.4. The monoisotopic (exact) mass is 840 g/mol. The van der Waals surface area contributed by atoms with Crippen LogP contribution in [-0.2, 0) is 44.6 Å². The third-order valence-corrected chi connectivity index (χ3v) is 13.4. The van der Waals surface area contributed by atoms with Crippen LogP contribution in [0.3, 0.4) is 0 Å². The second-order valence-electron chi connectivity index (χ2n) is 17.9. The van der Waals surface area contributed by atoms with Crippen molar-refractivity contribution in [2.75, 3.05) is 27.7 Å². The van der Waals surface area contributed by atoms with E-state index in [0.717, 1.165) is 17.0 Å². The summed E-state index contributed by atoms with van der Waals surface area (Å²) in [5.74, 6) is -4.92. The number of hydrogen-bond donors (Lipinski definition) is 1. The highest BCUT2D eigenvalue weighted by atomic mass is 16.7. The number of esters is 1. The molecule has 3 saturated heterocycles. The highest BCUT2D eigenvalue weighted by molar-refractivity contribution is 6.00. The summed E-state index contributed by atoms with van der Waals surface area (Å²) in [5, 5.41) is 11.5. The highest BCUT2D eigenvalue weighted by Gasteiger charge is 2.62. The first-order chi connectivity index (χ1) is 28.3. The van der Waals surface area contributed by atoms with Crippen LogP contribution in [0.25, 0.3) is 11.3 Å². The van der Waals surface area contributed by atoms with Gasteiger partial charge >= 0.3 is 12.1 Å². The molecule has 0 spiro atoms. The van der Waals surface area contributed by atoms with Crippen molar-refractivity contribution in [2.45, 2.75) is 161 Å². The van der Waals surface area contributed by atoms with Gasteiger partial charge in [0.1, 0.15) is 23.9 Å². The molecule has 0 bridgehead atoms. The standard InChI is InChI=1S/C45H69N5O10/c1-13-35-45(14-2)39(50(43(55)60-45)20-16-15-19-49-24-33(47-25-49)32-18-17-27(4)46-23-32)29(6)36(51)26(3)22-44(9,56-12)40(30(7)37(52)31(8)41(54)58-35)59-42-38(53)34(48(10)11)21-28(5)57-42/h17-18,23-26,28-31,34-35,38-40,42,53H,13-16,19-22H2,1-12H3/t26-,28-,29-,30+,31-,34+,35+,38-,39+,40-,42?,44+,45-/m1/s1. The zero-order chi connectivity index (χ0) is 44.3. The number of methoxy groups -OCH3 is 1. The number of ether oxygens (including phenoxy) is 5. The molecule has 2 aromatic rings. The van der Waals surface area contributed by atoms with Crippen LogP contribution in [0.4, 0.5) is 4.79 Å². The molecular formula is C45H69N5O10. The number of ketones is 2. The summed E-state index contributed by atoms with van der Waals surface area (Å²) in [6, 6.07) is 2.88. The Morgan fingerprint density at radius 1 is 0.983 bits per heavy atom. The van der Waals surface area contributed by atoms with Crippen LogP contribution < -0.4 is 0 Å². The van der Waals surface area contributed by atoms with E-state index in [4.69, 9.17) is 23.7 Å². The fourth-order valence-electron chi connectivity index (χ4n) is 9.82. The fourth-order valence-corrected chi connectivity index (χ4v) is 9.82. The molecule has 5 rings (SSSR count). The lowest BCUT2D eigenvalue weighted by Gasteiger charge is -2.47. The van der Waals surface area contributed by atoms with E-state index in [9.17, 15) is 24.3 Å². The summed E-state index contributed by atoms with van der Waals surface area (Å²) in [6.07, 6.45) is 3.12. The second-order valence-corrected chi connectivity index (χ2v) is 17.9. The van der Waals surface area contributed by atoms with Crippen LogP contribution in [0, 0.1) is 30.6 Å². The molecule has 60 heavy (non-hydrogen) atoms. The van der Waals surface area contributed by atoms with E-state index in [2.05, 4.69) is 9.97 Å². The van der Waals surface area contributed by atoms with Gasteiger partial charge < -0.3 is 43.2 Å². The quantitative estimate of drug-likeness (QED) is 0.159. The molecule has 3 aliphatic heterocycles. The number of aliphatic hydroxyl groups is 1.